The predicted molar refractivity (Wildman–Crippen MR) is 66.3 cm³/mol. The van der Waals surface area contributed by atoms with Gasteiger partial charge in [0.15, 0.2) is 0 Å². The van der Waals surface area contributed by atoms with Crippen LogP contribution in [-0.2, 0) is 6.54 Å². The number of hydrogen-bond acceptors (Lipinski definition) is 2. The van der Waals surface area contributed by atoms with Gasteiger partial charge < -0.3 is 10.5 Å². The molecule has 0 saturated carbocycles. The van der Waals surface area contributed by atoms with Crippen molar-refractivity contribution in [2.75, 3.05) is 7.11 Å². The molecule has 0 amide bonds. The maximum absolute atomic E-state index is 13.2. The zero-order valence-corrected chi connectivity index (χ0v) is 9.61. The van der Waals surface area contributed by atoms with Gasteiger partial charge in [-0.3, -0.25) is 0 Å². The molecule has 0 fully saturated rings. The highest BCUT2D eigenvalue weighted by atomic mass is 19.1. The molecule has 0 aromatic heterocycles. The Balaban J connectivity index is 2.47. The molecule has 0 radical (unpaired) electrons. The van der Waals surface area contributed by atoms with E-state index in [0.717, 1.165) is 16.7 Å². The summed E-state index contributed by atoms with van der Waals surface area (Å²) in [6, 6.07) is 12.2. The molecule has 0 unspecified atom stereocenters. The summed E-state index contributed by atoms with van der Waals surface area (Å²) in [7, 11) is 1.57. The van der Waals surface area contributed by atoms with E-state index in [1.807, 2.05) is 24.3 Å². The second-order valence-corrected chi connectivity index (χ2v) is 3.75. The Kier molecular flexibility index (Phi) is 3.40. The number of nitrogens with two attached hydrogens (primary N) is 1. The SMILES string of the molecule is COc1ccc(F)cc1-c1ccc(CN)cc1. The molecule has 2 aromatic rings. The third kappa shape index (κ3) is 2.45. The predicted octanol–water partition coefficient (Wildman–Crippen LogP) is 2.96. The zero-order valence-electron chi connectivity index (χ0n) is 9.61. The molecule has 0 atom stereocenters. The van der Waals surface area contributed by atoms with Gasteiger partial charge in [0, 0.05) is 12.1 Å². The average molecular weight is 231 g/mol. The molecule has 0 aliphatic carbocycles. The lowest BCUT2D eigenvalue weighted by molar-refractivity contribution is 0.415. The summed E-state index contributed by atoms with van der Waals surface area (Å²) < 4.78 is 18.5. The Morgan fingerprint density at radius 1 is 1.12 bits per heavy atom. The van der Waals surface area contributed by atoms with E-state index >= 15 is 0 Å². The highest BCUT2D eigenvalue weighted by Crippen LogP contribution is 2.30. The summed E-state index contributed by atoms with van der Waals surface area (Å²) in [6.07, 6.45) is 0. The first-order valence-electron chi connectivity index (χ1n) is 5.37. The summed E-state index contributed by atoms with van der Waals surface area (Å²) in [5.74, 6) is 0.385. The molecule has 2 nitrogen and oxygen atoms in total. The van der Waals surface area contributed by atoms with Crippen LogP contribution >= 0.6 is 0 Å². The molecule has 0 aliphatic rings. The van der Waals surface area contributed by atoms with E-state index in [2.05, 4.69) is 0 Å². The van der Waals surface area contributed by atoms with Crippen molar-refractivity contribution in [1.82, 2.24) is 0 Å². The molecule has 2 N–H and O–H groups in total. The first-order chi connectivity index (χ1) is 8.24. The molecule has 0 bridgehead atoms. The highest BCUT2D eigenvalue weighted by Gasteiger charge is 2.06. The van der Waals surface area contributed by atoms with Crippen molar-refractivity contribution in [1.29, 1.82) is 0 Å². The van der Waals surface area contributed by atoms with Crippen molar-refractivity contribution in [2.24, 2.45) is 5.73 Å². The third-order valence-corrected chi connectivity index (χ3v) is 2.66. The van der Waals surface area contributed by atoms with Gasteiger partial charge in [0.2, 0.25) is 0 Å². The van der Waals surface area contributed by atoms with Gasteiger partial charge >= 0.3 is 0 Å². The van der Waals surface area contributed by atoms with Crippen LogP contribution in [0.5, 0.6) is 5.75 Å². The topological polar surface area (TPSA) is 35.2 Å². The monoisotopic (exact) mass is 231 g/mol. The van der Waals surface area contributed by atoms with Crippen LogP contribution < -0.4 is 10.5 Å². The normalized spacial score (nSPS) is 10.3. The van der Waals surface area contributed by atoms with E-state index in [4.69, 9.17) is 10.5 Å². The van der Waals surface area contributed by atoms with Crippen molar-refractivity contribution in [3.8, 4) is 16.9 Å². The quantitative estimate of drug-likeness (QED) is 0.881. The van der Waals surface area contributed by atoms with E-state index in [1.165, 1.54) is 12.1 Å². The molecule has 0 saturated heterocycles. The Morgan fingerprint density at radius 3 is 2.41 bits per heavy atom. The fourth-order valence-electron chi connectivity index (χ4n) is 1.73. The minimum atomic E-state index is -0.274. The third-order valence-electron chi connectivity index (χ3n) is 2.66. The number of benzene rings is 2. The van der Waals surface area contributed by atoms with Gasteiger partial charge in [-0.05, 0) is 29.3 Å². The van der Waals surface area contributed by atoms with Crippen molar-refractivity contribution in [3.63, 3.8) is 0 Å². The van der Waals surface area contributed by atoms with Crippen molar-refractivity contribution in [2.45, 2.75) is 6.54 Å². The average Bonchev–Trinajstić information content (AvgIpc) is 2.39. The van der Waals surface area contributed by atoms with E-state index in [0.29, 0.717) is 12.3 Å². The molecule has 3 heteroatoms. The molecule has 2 aromatic carbocycles. The van der Waals surface area contributed by atoms with Crippen LogP contribution in [0.1, 0.15) is 5.56 Å². The minimum Gasteiger partial charge on any atom is -0.496 e. The largest absolute Gasteiger partial charge is 0.496 e. The summed E-state index contributed by atoms with van der Waals surface area (Å²) in [5, 5.41) is 0. The molecule has 0 heterocycles. The second kappa shape index (κ2) is 4.97. The molecule has 88 valence electrons. The zero-order chi connectivity index (χ0) is 12.3. The van der Waals surface area contributed by atoms with Gasteiger partial charge in [-0.25, -0.2) is 4.39 Å². The molecule has 2 rings (SSSR count). The van der Waals surface area contributed by atoms with Crippen molar-refractivity contribution >= 4 is 0 Å². The Hall–Kier alpha value is -1.87. The Morgan fingerprint density at radius 2 is 1.82 bits per heavy atom. The number of halogens is 1. The fourth-order valence-corrected chi connectivity index (χ4v) is 1.73. The van der Waals surface area contributed by atoms with E-state index in [1.54, 1.807) is 13.2 Å². The lowest BCUT2D eigenvalue weighted by Gasteiger charge is -2.09. The van der Waals surface area contributed by atoms with Gasteiger partial charge in [-0.2, -0.15) is 0 Å². The molecular weight excluding hydrogens is 217 g/mol. The Labute approximate surface area is 99.8 Å². The molecular formula is C14H14FNO. The lowest BCUT2D eigenvalue weighted by atomic mass is 10.0. The van der Waals surface area contributed by atoms with Crippen molar-refractivity contribution < 1.29 is 9.13 Å². The van der Waals surface area contributed by atoms with E-state index in [-0.39, 0.29) is 5.82 Å². The number of rotatable bonds is 3. The van der Waals surface area contributed by atoms with Crippen LogP contribution in [0.3, 0.4) is 0 Å². The number of ether oxygens (including phenoxy) is 1. The van der Waals surface area contributed by atoms with Crippen LogP contribution in [0.2, 0.25) is 0 Å². The highest BCUT2D eigenvalue weighted by molar-refractivity contribution is 5.70. The first kappa shape index (κ1) is 11.6. The smallest absolute Gasteiger partial charge is 0.126 e. The number of methoxy groups -OCH3 is 1. The standard InChI is InChI=1S/C14H14FNO/c1-17-14-7-6-12(15)8-13(14)11-4-2-10(9-16)3-5-11/h2-8H,9,16H2,1H3. The summed E-state index contributed by atoms with van der Waals surface area (Å²) in [4.78, 5) is 0. The van der Waals surface area contributed by atoms with Crippen LogP contribution in [0.25, 0.3) is 11.1 Å². The summed E-state index contributed by atoms with van der Waals surface area (Å²) in [6.45, 7) is 0.501. The van der Waals surface area contributed by atoms with Gasteiger partial charge in [0.05, 0.1) is 7.11 Å². The first-order valence-corrected chi connectivity index (χ1v) is 5.37. The van der Waals surface area contributed by atoms with E-state index < -0.39 is 0 Å². The Bertz CT molecular complexity index is 508. The maximum Gasteiger partial charge on any atom is 0.126 e. The van der Waals surface area contributed by atoms with Crippen molar-refractivity contribution in [3.05, 3.63) is 53.8 Å². The van der Waals surface area contributed by atoms with Gasteiger partial charge in [-0.15, -0.1) is 0 Å². The molecule has 0 spiro atoms. The van der Waals surface area contributed by atoms with E-state index in [9.17, 15) is 4.39 Å². The summed E-state index contributed by atoms with van der Waals surface area (Å²) >= 11 is 0. The molecule has 17 heavy (non-hydrogen) atoms. The fraction of sp³-hybridized carbons (Fsp3) is 0.143. The lowest BCUT2D eigenvalue weighted by Crippen LogP contribution is -1.95. The van der Waals surface area contributed by atoms with Crippen LogP contribution in [0, 0.1) is 5.82 Å². The van der Waals surface area contributed by atoms with Gasteiger partial charge in [0.25, 0.3) is 0 Å². The minimum absolute atomic E-state index is 0.274. The van der Waals surface area contributed by atoms with Gasteiger partial charge in [0.1, 0.15) is 11.6 Å². The maximum atomic E-state index is 13.2. The van der Waals surface area contributed by atoms with Crippen LogP contribution in [0.4, 0.5) is 4.39 Å². The molecule has 0 aliphatic heterocycles. The van der Waals surface area contributed by atoms with Crippen LogP contribution in [-0.4, -0.2) is 7.11 Å². The number of hydrogen-bond donors (Lipinski definition) is 1. The van der Waals surface area contributed by atoms with Crippen LogP contribution in [0.15, 0.2) is 42.5 Å². The van der Waals surface area contributed by atoms with Gasteiger partial charge in [-0.1, -0.05) is 24.3 Å². The second-order valence-electron chi connectivity index (χ2n) is 3.75. The summed E-state index contributed by atoms with van der Waals surface area (Å²) in [5.41, 5.74) is 8.24.